The molecule has 2 aromatic rings. The molecule has 11 heteroatoms. The summed E-state index contributed by atoms with van der Waals surface area (Å²) in [5.41, 5.74) is 1.85. The third kappa shape index (κ3) is 3.64. The number of halogens is 1. The van der Waals surface area contributed by atoms with Crippen LogP contribution < -0.4 is 5.73 Å². The molecule has 1 amide bonds. The van der Waals surface area contributed by atoms with E-state index in [1.165, 1.54) is 31.1 Å². The summed E-state index contributed by atoms with van der Waals surface area (Å²) in [4.78, 5) is 40.8. The van der Waals surface area contributed by atoms with Gasteiger partial charge in [0.05, 0.1) is 29.2 Å². The number of fused-ring (bicyclic) bond motifs is 3. The SMILES string of the molecule is CN(C)[C@H]1C(O)=C(C(N)=O)C(=O)[C@@]2(O)C(O)=C3C(=O)c4c(O)cccc4/C(=C\c4ccc(Cl)cc4)[C@@H]3[C@H](O)[C@@H]12. The van der Waals surface area contributed by atoms with Crippen molar-refractivity contribution >= 4 is 40.7 Å². The Morgan fingerprint density at radius 2 is 1.72 bits per heavy atom. The van der Waals surface area contributed by atoms with Gasteiger partial charge in [-0.25, -0.2) is 0 Å². The maximum absolute atomic E-state index is 13.8. The Hall–Kier alpha value is -3.96. The van der Waals surface area contributed by atoms with Crippen molar-refractivity contribution in [3.8, 4) is 5.75 Å². The van der Waals surface area contributed by atoms with Crippen LogP contribution in [0.2, 0.25) is 5.02 Å². The highest BCUT2D eigenvalue weighted by Crippen LogP contribution is 2.55. The molecule has 3 aliphatic rings. The van der Waals surface area contributed by atoms with E-state index in [4.69, 9.17) is 17.3 Å². The molecular formula is C28H25ClN2O8. The van der Waals surface area contributed by atoms with Crippen molar-refractivity contribution in [1.29, 1.82) is 0 Å². The topological polar surface area (TPSA) is 182 Å². The Morgan fingerprint density at radius 3 is 2.31 bits per heavy atom. The Bertz CT molecular complexity index is 1540. The standard InChI is InChI=1S/C28H25ClN2O8/c1-31(2)21-20-23(34)17-14(10-11-6-8-12(29)9-7-11)13-4-3-5-15(32)16(13)22(33)18(17)25(36)28(20,39)26(37)19(24(21)35)27(30)38/h3-10,17,20-21,23,32,34-36,39H,1-2H3,(H2,30,38)/b14-10+/t17-,20+,21+,23-,28-/m0/s1. The number of nitrogens with zero attached hydrogens (tertiary/aromatic N) is 1. The lowest BCUT2D eigenvalue weighted by Gasteiger charge is -2.52. The number of primary amides is 1. The van der Waals surface area contributed by atoms with Gasteiger partial charge < -0.3 is 31.3 Å². The number of hydrogen-bond acceptors (Lipinski definition) is 9. The van der Waals surface area contributed by atoms with Crippen LogP contribution in [0.25, 0.3) is 11.6 Å². The van der Waals surface area contributed by atoms with Crippen LogP contribution in [0, 0.1) is 11.8 Å². The zero-order valence-electron chi connectivity index (χ0n) is 20.8. The number of Topliss-reactive ketones (excluding diaryl/α,β-unsaturated/α-hetero) is 2. The lowest BCUT2D eigenvalue weighted by molar-refractivity contribution is -0.159. The number of benzene rings is 2. The normalized spacial score (nSPS) is 29.4. The van der Waals surface area contributed by atoms with Crippen LogP contribution in [0.5, 0.6) is 5.75 Å². The van der Waals surface area contributed by atoms with E-state index in [2.05, 4.69) is 0 Å². The van der Waals surface area contributed by atoms with Gasteiger partial charge in [0.2, 0.25) is 5.78 Å². The lowest BCUT2D eigenvalue weighted by atomic mass is 9.56. The maximum atomic E-state index is 13.8. The number of likely N-dealkylation sites (N-methyl/N-ethyl adjacent to an activating group) is 1. The summed E-state index contributed by atoms with van der Waals surface area (Å²) in [7, 11) is 2.95. The molecule has 0 saturated heterocycles. The van der Waals surface area contributed by atoms with E-state index < -0.39 is 75.5 Å². The number of aliphatic hydroxyl groups is 4. The molecule has 0 spiro atoms. The van der Waals surface area contributed by atoms with E-state index in [9.17, 15) is 39.9 Å². The molecule has 0 heterocycles. The molecule has 0 radical (unpaired) electrons. The van der Waals surface area contributed by atoms with Gasteiger partial charge in [-0.15, -0.1) is 0 Å². The van der Waals surface area contributed by atoms with E-state index in [0.29, 0.717) is 16.2 Å². The molecule has 10 nitrogen and oxygen atoms in total. The highest BCUT2D eigenvalue weighted by molar-refractivity contribution is 6.30. The fourth-order valence-corrected chi connectivity index (χ4v) is 6.18. The molecule has 0 saturated carbocycles. The molecule has 202 valence electrons. The molecule has 0 unspecified atom stereocenters. The third-order valence-electron chi connectivity index (χ3n) is 7.72. The first-order valence-corrected chi connectivity index (χ1v) is 12.3. The summed E-state index contributed by atoms with van der Waals surface area (Å²) in [6.07, 6.45) is -0.112. The average Bonchev–Trinajstić information content (AvgIpc) is 2.86. The van der Waals surface area contributed by atoms with Crippen molar-refractivity contribution in [2.75, 3.05) is 14.1 Å². The first-order chi connectivity index (χ1) is 18.3. The number of phenolic OH excluding ortho intramolecular Hbond substituents is 1. The number of phenols is 1. The molecule has 0 aliphatic heterocycles. The molecule has 39 heavy (non-hydrogen) atoms. The number of carbonyl (C=O) groups excluding carboxylic acids is 3. The van der Waals surface area contributed by atoms with Gasteiger partial charge >= 0.3 is 0 Å². The van der Waals surface area contributed by atoms with E-state index in [-0.39, 0.29) is 11.1 Å². The van der Waals surface area contributed by atoms with E-state index in [0.717, 1.165) is 0 Å². The molecule has 0 bridgehead atoms. The van der Waals surface area contributed by atoms with Crippen LogP contribution >= 0.6 is 11.6 Å². The van der Waals surface area contributed by atoms with Crippen molar-refractivity contribution in [3.05, 3.63) is 86.8 Å². The molecule has 3 aliphatic carbocycles. The second-order valence-electron chi connectivity index (χ2n) is 10.1. The Balaban J connectivity index is 1.86. The predicted molar refractivity (Wildman–Crippen MR) is 141 cm³/mol. The molecule has 0 fully saturated rings. The number of ketones is 2. The minimum atomic E-state index is -2.99. The number of rotatable bonds is 3. The maximum Gasteiger partial charge on any atom is 0.255 e. The molecule has 0 aromatic heterocycles. The summed E-state index contributed by atoms with van der Waals surface area (Å²) < 4.78 is 0. The predicted octanol–water partition coefficient (Wildman–Crippen LogP) is 1.74. The van der Waals surface area contributed by atoms with Crippen molar-refractivity contribution in [3.63, 3.8) is 0 Å². The fourth-order valence-electron chi connectivity index (χ4n) is 6.05. The number of aromatic hydroxyl groups is 1. The van der Waals surface area contributed by atoms with E-state index in [1.54, 1.807) is 36.4 Å². The van der Waals surface area contributed by atoms with Gasteiger partial charge in [0.15, 0.2) is 11.4 Å². The van der Waals surface area contributed by atoms with E-state index in [1.807, 2.05) is 0 Å². The highest BCUT2D eigenvalue weighted by atomic mass is 35.5. The van der Waals surface area contributed by atoms with Gasteiger partial charge in [0.1, 0.15) is 22.8 Å². The van der Waals surface area contributed by atoms with Crippen LogP contribution in [-0.2, 0) is 9.59 Å². The molecule has 2 aromatic carbocycles. The summed E-state index contributed by atoms with van der Waals surface area (Å²) >= 11 is 6.02. The fraction of sp³-hybridized carbons (Fsp3) is 0.250. The zero-order chi connectivity index (χ0) is 28.5. The number of hydrogen-bond donors (Lipinski definition) is 6. The first-order valence-electron chi connectivity index (χ1n) is 11.9. The van der Waals surface area contributed by atoms with Gasteiger partial charge in [-0.05, 0) is 49.0 Å². The zero-order valence-corrected chi connectivity index (χ0v) is 21.5. The van der Waals surface area contributed by atoms with Crippen LogP contribution in [0.4, 0.5) is 0 Å². The minimum absolute atomic E-state index is 0.203. The molecule has 5 atom stereocenters. The van der Waals surface area contributed by atoms with Gasteiger partial charge in [0, 0.05) is 10.9 Å². The Morgan fingerprint density at radius 1 is 1.08 bits per heavy atom. The van der Waals surface area contributed by atoms with Crippen molar-refractivity contribution in [1.82, 2.24) is 4.90 Å². The number of carbonyl (C=O) groups is 3. The first kappa shape index (κ1) is 26.6. The molecular weight excluding hydrogens is 528 g/mol. The van der Waals surface area contributed by atoms with Crippen molar-refractivity contribution in [2.45, 2.75) is 17.7 Å². The summed E-state index contributed by atoms with van der Waals surface area (Å²) in [6.45, 7) is 0. The van der Waals surface area contributed by atoms with Crippen molar-refractivity contribution < 1.29 is 39.9 Å². The average molecular weight is 553 g/mol. The summed E-state index contributed by atoms with van der Waals surface area (Å²) in [5, 5.41) is 57.2. The Kier molecular flexibility index (Phi) is 6.19. The summed E-state index contributed by atoms with van der Waals surface area (Å²) in [5.74, 6) is -8.93. The molecule has 7 N–H and O–H groups in total. The second-order valence-corrected chi connectivity index (χ2v) is 10.5. The Labute approximate surface area is 227 Å². The van der Waals surface area contributed by atoms with Gasteiger partial charge in [-0.2, -0.15) is 0 Å². The quantitative estimate of drug-likeness (QED) is 0.309. The number of aliphatic hydroxyl groups excluding tert-OH is 3. The monoisotopic (exact) mass is 552 g/mol. The van der Waals surface area contributed by atoms with Gasteiger partial charge in [0.25, 0.3) is 5.91 Å². The van der Waals surface area contributed by atoms with Gasteiger partial charge in [-0.3, -0.25) is 19.3 Å². The van der Waals surface area contributed by atoms with E-state index >= 15 is 0 Å². The van der Waals surface area contributed by atoms with Crippen LogP contribution in [0.3, 0.4) is 0 Å². The van der Waals surface area contributed by atoms with Crippen molar-refractivity contribution in [2.24, 2.45) is 17.6 Å². The minimum Gasteiger partial charge on any atom is -0.510 e. The second kappa shape index (κ2) is 9.06. The third-order valence-corrected chi connectivity index (χ3v) is 7.98. The lowest BCUT2D eigenvalue weighted by Crippen LogP contribution is -2.68. The smallest absolute Gasteiger partial charge is 0.255 e. The summed E-state index contributed by atoms with van der Waals surface area (Å²) in [6, 6.07) is 9.62. The van der Waals surface area contributed by atoms with Crippen LogP contribution in [-0.4, -0.2) is 79.7 Å². The molecule has 5 rings (SSSR count). The highest BCUT2D eigenvalue weighted by Gasteiger charge is 2.67. The largest absolute Gasteiger partial charge is 0.510 e. The number of nitrogens with two attached hydrogens (primary N) is 1. The van der Waals surface area contributed by atoms with Gasteiger partial charge in [-0.1, -0.05) is 41.9 Å². The van der Waals surface area contributed by atoms with Crippen LogP contribution in [0.1, 0.15) is 21.5 Å². The number of amides is 1. The van der Waals surface area contributed by atoms with Crippen LogP contribution in [0.15, 0.2) is 65.1 Å².